The zero-order valence-corrected chi connectivity index (χ0v) is 31.0. The molecule has 3 nitrogen and oxygen atoms in total. The third-order valence-electron chi connectivity index (χ3n) is 9.98. The van der Waals surface area contributed by atoms with Crippen LogP contribution in [0.15, 0.2) is 115 Å². The predicted molar refractivity (Wildman–Crippen MR) is 202 cm³/mol. The summed E-state index contributed by atoms with van der Waals surface area (Å²) in [6.45, 7) is 11.4. The largest absolute Gasteiger partial charge is 3.00 e. The summed E-state index contributed by atoms with van der Waals surface area (Å²) in [5.74, 6) is 0. The summed E-state index contributed by atoms with van der Waals surface area (Å²) < 4.78 is 3.52. The fraction of sp³-hybridized carbons (Fsp3) is 0.159. The number of pyridine rings is 1. The summed E-state index contributed by atoms with van der Waals surface area (Å²) in [6.07, 6.45) is 1.91. The van der Waals surface area contributed by atoms with E-state index in [1.807, 2.05) is 6.20 Å². The molecule has 0 saturated carbocycles. The van der Waals surface area contributed by atoms with Crippen molar-refractivity contribution in [3.8, 4) is 28.1 Å². The maximum absolute atomic E-state index is 5.25. The van der Waals surface area contributed by atoms with E-state index in [0.717, 1.165) is 55.9 Å². The second kappa shape index (κ2) is 11.6. The SMILES string of the molecule is CC(C)(C)c1cc(-c2nccc3ccsc23)[c-]c(-n2c3[c-]c(-c4cccc5c4[N-]c4ccccc4C5(C)C)ccc3c3ccccc32)c1.[Au+3]. The number of benzene rings is 5. The molecule has 3 aromatic heterocycles. The summed E-state index contributed by atoms with van der Waals surface area (Å²) in [6, 6.07) is 44.8. The number of hydrogen-bond acceptors (Lipinski definition) is 2. The molecule has 0 spiro atoms. The molecule has 242 valence electrons. The summed E-state index contributed by atoms with van der Waals surface area (Å²) in [5.41, 5.74) is 12.8. The second-order valence-corrected chi connectivity index (χ2v) is 15.3. The van der Waals surface area contributed by atoms with Gasteiger partial charge in [-0.1, -0.05) is 112 Å². The van der Waals surface area contributed by atoms with Gasteiger partial charge < -0.3 is 14.9 Å². The number of hydrogen-bond donors (Lipinski definition) is 0. The molecule has 0 saturated heterocycles. The average Bonchev–Trinajstić information content (AvgIpc) is 3.70. The van der Waals surface area contributed by atoms with E-state index in [4.69, 9.17) is 10.3 Å². The van der Waals surface area contributed by atoms with Crippen LogP contribution in [0.1, 0.15) is 51.3 Å². The number of aromatic nitrogens is 2. The molecule has 8 aromatic rings. The molecule has 0 atom stereocenters. The van der Waals surface area contributed by atoms with Crippen LogP contribution in [0.5, 0.6) is 0 Å². The first-order valence-electron chi connectivity index (χ1n) is 16.5. The molecule has 0 N–H and O–H groups in total. The third kappa shape index (κ3) is 5.01. The average molecular weight is 834 g/mol. The number of fused-ring (bicyclic) bond motifs is 6. The van der Waals surface area contributed by atoms with Crippen molar-refractivity contribution < 1.29 is 22.4 Å². The number of thiophene rings is 1. The fourth-order valence-corrected chi connectivity index (χ4v) is 8.27. The van der Waals surface area contributed by atoms with Crippen molar-refractivity contribution in [2.45, 2.75) is 45.4 Å². The minimum Gasteiger partial charge on any atom is -0.665 e. The fourth-order valence-electron chi connectivity index (χ4n) is 7.37. The Morgan fingerprint density at radius 1 is 0.776 bits per heavy atom. The van der Waals surface area contributed by atoms with Crippen LogP contribution in [0, 0.1) is 12.1 Å². The van der Waals surface area contributed by atoms with Gasteiger partial charge in [0.1, 0.15) is 0 Å². The van der Waals surface area contributed by atoms with Crippen LogP contribution in [0.4, 0.5) is 11.4 Å². The molecule has 0 aliphatic carbocycles. The Morgan fingerprint density at radius 2 is 1.57 bits per heavy atom. The molecule has 0 fully saturated rings. The van der Waals surface area contributed by atoms with Gasteiger partial charge >= 0.3 is 22.4 Å². The molecular formula is C44H34AuN3S. The van der Waals surface area contributed by atoms with Crippen molar-refractivity contribution in [3.63, 3.8) is 0 Å². The van der Waals surface area contributed by atoms with Crippen LogP contribution < -0.4 is 0 Å². The number of rotatable bonds is 3. The van der Waals surface area contributed by atoms with E-state index < -0.39 is 0 Å². The Hall–Kier alpha value is -4.45. The zero-order valence-electron chi connectivity index (χ0n) is 28.0. The normalized spacial score (nSPS) is 13.6. The van der Waals surface area contributed by atoms with Crippen molar-refractivity contribution in [2.24, 2.45) is 0 Å². The summed E-state index contributed by atoms with van der Waals surface area (Å²) >= 11 is 1.73. The molecule has 1 aliphatic heterocycles. The van der Waals surface area contributed by atoms with Crippen molar-refractivity contribution in [2.75, 3.05) is 0 Å². The molecule has 5 aromatic carbocycles. The number of para-hydroxylation sites is 3. The van der Waals surface area contributed by atoms with Crippen LogP contribution in [0.25, 0.3) is 65.3 Å². The molecule has 1 aliphatic rings. The Labute approximate surface area is 307 Å². The molecule has 5 heteroatoms. The molecular weight excluding hydrogens is 800 g/mol. The summed E-state index contributed by atoms with van der Waals surface area (Å²) in [7, 11) is 0. The molecule has 49 heavy (non-hydrogen) atoms. The van der Waals surface area contributed by atoms with Crippen molar-refractivity contribution >= 4 is 54.6 Å². The van der Waals surface area contributed by atoms with Crippen LogP contribution in [0.3, 0.4) is 0 Å². The smallest absolute Gasteiger partial charge is 0.665 e. The van der Waals surface area contributed by atoms with E-state index in [9.17, 15) is 0 Å². The third-order valence-corrected chi connectivity index (χ3v) is 10.9. The molecule has 9 rings (SSSR count). The quantitative estimate of drug-likeness (QED) is 0.129. The maximum atomic E-state index is 5.25. The van der Waals surface area contributed by atoms with Crippen molar-refractivity contribution in [1.29, 1.82) is 0 Å². The minimum atomic E-state index is -0.166. The van der Waals surface area contributed by atoms with E-state index in [2.05, 4.69) is 160 Å². The molecule has 4 heterocycles. The maximum Gasteiger partial charge on any atom is 3.00 e. The van der Waals surface area contributed by atoms with E-state index in [0.29, 0.717) is 0 Å². The molecule has 0 unspecified atom stereocenters. The van der Waals surface area contributed by atoms with Crippen LogP contribution >= 0.6 is 11.3 Å². The Balaban J connectivity index is 0.00000348. The van der Waals surface area contributed by atoms with Gasteiger partial charge in [0.15, 0.2) is 0 Å². The first-order valence-corrected chi connectivity index (χ1v) is 17.4. The molecule has 0 amide bonds. The molecule has 0 bridgehead atoms. The summed E-state index contributed by atoms with van der Waals surface area (Å²) in [5, 5.41) is 11.0. The van der Waals surface area contributed by atoms with Gasteiger partial charge in [-0.2, -0.15) is 17.0 Å². The second-order valence-electron chi connectivity index (χ2n) is 14.4. The number of nitrogens with zero attached hydrogens (tertiary/aromatic N) is 3. The van der Waals surface area contributed by atoms with Gasteiger partial charge in [-0.3, -0.25) is 0 Å². The predicted octanol–water partition coefficient (Wildman–Crippen LogP) is 12.6. The monoisotopic (exact) mass is 833 g/mol. The van der Waals surface area contributed by atoms with Gasteiger partial charge in [0.25, 0.3) is 0 Å². The van der Waals surface area contributed by atoms with Gasteiger partial charge in [-0.25, -0.2) is 0 Å². The first-order chi connectivity index (χ1) is 23.2. The van der Waals surface area contributed by atoms with Gasteiger partial charge in [-0.05, 0) is 51.0 Å². The van der Waals surface area contributed by atoms with Crippen molar-refractivity contribution in [1.82, 2.24) is 9.55 Å². The van der Waals surface area contributed by atoms with E-state index in [1.165, 1.54) is 32.2 Å². The van der Waals surface area contributed by atoms with Gasteiger partial charge in [-0.15, -0.1) is 64.3 Å². The summed E-state index contributed by atoms with van der Waals surface area (Å²) in [4.78, 5) is 4.89. The Morgan fingerprint density at radius 3 is 2.43 bits per heavy atom. The van der Waals surface area contributed by atoms with Crippen LogP contribution in [-0.4, -0.2) is 9.55 Å². The zero-order chi connectivity index (χ0) is 32.8. The van der Waals surface area contributed by atoms with Crippen LogP contribution in [-0.2, 0) is 33.2 Å². The Bertz CT molecular complexity index is 2560. The molecule has 0 radical (unpaired) electrons. The minimum absolute atomic E-state index is 0. The van der Waals surface area contributed by atoms with E-state index in [1.54, 1.807) is 11.3 Å². The van der Waals surface area contributed by atoms with Crippen molar-refractivity contribution in [3.05, 3.63) is 149 Å². The van der Waals surface area contributed by atoms with E-state index >= 15 is 0 Å². The van der Waals surface area contributed by atoms with Gasteiger partial charge in [0.05, 0.1) is 0 Å². The van der Waals surface area contributed by atoms with E-state index in [-0.39, 0.29) is 33.2 Å². The standard InChI is InChI=1S/C44H34N3S.Au/c1-43(2,3)30-23-29(40-42-27(19-21-45-40)20-22-48-42)24-31(26-30)47-38-16-9-6-11-33(38)34-18-17-28(25-39(34)47)32-12-10-14-36-41(32)46-37-15-8-7-13-35(37)44(36,4)5;/h6-23,26H,1-5H3;/q-3;+3. The first kappa shape index (κ1) is 31.8. The van der Waals surface area contributed by atoms with Crippen LogP contribution in [0.2, 0.25) is 0 Å². The Kier molecular flexibility index (Phi) is 7.51. The van der Waals surface area contributed by atoms with Gasteiger partial charge in [0.2, 0.25) is 0 Å². The topological polar surface area (TPSA) is 31.9 Å². The van der Waals surface area contributed by atoms with Gasteiger partial charge in [0, 0.05) is 27.5 Å².